The lowest BCUT2D eigenvalue weighted by atomic mass is 10.2. The van der Waals surface area contributed by atoms with Crippen molar-refractivity contribution in [2.75, 3.05) is 17.9 Å². The highest BCUT2D eigenvalue weighted by Crippen LogP contribution is 2.19. The molecular weight excluding hydrogens is 232 g/mol. The molecule has 2 aromatic rings. The Morgan fingerprint density at radius 2 is 1.83 bits per heavy atom. The molecule has 0 aliphatic heterocycles. The van der Waals surface area contributed by atoms with Gasteiger partial charge >= 0.3 is 6.01 Å². The predicted octanol–water partition coefficient (Wildman–Crippen LogP) is 1.22. The molecule has 4 N–H and O–H groups in total. The summed E-state index contributed by atoms with van der Waals surface area (Å²) in [6.07, 6.45) is 0. The highest BCUT2D eigenvalue weighted by Gasteiger charge is 2.06. The number of aryl methyl sites for hydroxylation is 1. The lowest BCUT2D eigenvalue weighted by Gasteiger charge is -2.09. The molecule has 0 radical (unpaired) electrons. The Morgan fingerprint density at radius 1 is 1.11 bits per heavy atom. The summed E-state index contributed by atoms with van der Waals surface area (Å²) in [7, 11) is 1.48. The minimum Gasteiger partial charge on any atom is -0.467 e. The number of nitrogen functional groups attached to an aromatic ring is 1. The zero-order valence-corrected chi connectivity index (χ0v) is 10.1. The Labute approximate surface area is 104 Å². The van der Waals surface area contributed by atoms with Gasteiger partial charge in [0.05, 0.1) is 7.11 Å². The second-order valence-corrected chi connectivity index (χ2v) is 3.55. The topological polar surface area (TPSA) is 98.0 Å². The van der Waals surface area contributed by atoms with Gasteiger partial charge in [0.15, 0.2) is 0 Å². The van der Waals surface area contributed by atoms with Crippen molar-refractivity contribution in [3.05, 3.63) is 29.8 Å². The van der Waals surface area contributed by atoms with Crippen LogP contribution in [0.2, 0.25) is 0 Å². The minimum atomic E-state index is 0.189. The molecule has 1 aromatic heterocycles. The molecule has 18 heavy (non-hydrogen) atoms. The number of hydrogen-bond donors (Lipinski definition) is 3. The Morgan fingerprint density at radius 3 is 2.50 bits per heavy atom. The van der Waals surface area contributed by atoms with Crippen LogP contribution in [0.15, 0.2) is 24.3 Å². The first-order chi connectivity index (χ1) is 8.72. The summed E-state index contributed by atoms with van der Waals surface area (Å²) < 4.78 is 4.97. The quantitative estimate of drug-likeness (QED) is 0.551. The van der Waals surface area contributed by atoms with Gasteiger partial charge in [-0.2, -0.15) is 15.0 Å². The van der Waals surface area contributed by atoms with Gasteiger partial charge in [-0.25, -0.2) is 5.84 Å². The van der Waals surface area contributed by atoms with Gasteiger partial charge in [0.1, 0.15) is 0 Å². The first kappa shape index (κ1) is 12.1. The number of methoxy groups -OCH3 is 1. The van der Waals surface area contributed by atoms with Crippen LogP contribution in [0.3, 0.4) is 0 Å². The van der Waals surface area contributed by atoms with E-state index in [4.69, 9.17) is 10.6 Å². The standard InChI is InChI=1S/C11H14N6O/c1-7-5-3-4-6-8(7)13-9-14-10(17-12)16-11(15-9)18-2/h3-6H,12H2,1-2H3,(H2,13,14,15,16,17). The van der Waals surface area contributed by atoms with E-state index in [9.17, 15) is 0 Å². The van der Waals surface area contributed by atoms with Crippen molar-refractivity contribution in [3.63, 3.8) is 0 Å². The maximum Gasteiger partial charge on any atom is 0.322 e. The first-order valence-electron chi connectivity index (χ1n) is 5.32. The van der Waals surface area contributed by atoms with Crippen LogP contribution in [0.4, 0.5) is 17.6 Å². The van der Waals surface area contributed by atoms with Gasteiger partial charge in [0.2, 0.25) is 11.9 Å². The van der Waals surface area contributed by atoms with Gasteiger partial charge in [0.25, 0.3) is 0 Å². The predicted molar refractivity (Wildman–Crippen MR) is 68.7 cm³/mol. The highest BCUT2D eigenvalue weighted by atomic mass is 16.5. The van der Waals surface area contributed by atoms with E-state index in [0.29, 0.717) is 5.95 Å². The van der Waals surface area contributed by atoms with E-state index in [-0.39, 0.29) is 12.0 Å². The van der Waals surface area contributed by atoms with Crippen LogP contribution in [-0.4, -0.2) is 22.1 Å². The van der Waals surface area contributed by atoms with Crippen LogP contribution in [0.1, 0.15) is 5.56 Å². The van der Waals surface area contributed by atoms with E-state index in [0.717, 1.165) is 11.3 Å². The molecule has 0 saturated heterocycles. The Balaban J connectivity index is 2.31. The number of benzene rings is 1. The average molecular weight is 246 g/mol. The Hall–Kier alpha value is -2.41. The Kier molecular flexibility index (Phi) is 3.54. The number of anilines is 3. The second-order valence-electron chi connectivity index (χ2n) is 3.55. The number of ether oxygens (including phenoxy) is 1. The van der Waals surface area contributed by atoms with Gasteiger partial charge < -0.3 is 10.1 Å². The van der Waals surface area contributed by atoms with Crippen molar-refractivity contribution in [1.82, 2.24) is 15.0 Å². The molecule has 0 aliphatic carbocycles. The van der Waals surface area contributed by atoms with Crippen molar-refractivity contribution in [3.8, 4) is 6.01 Å². The van der Waals surface area contributed by atoms with Crippen LogP contribution in [0.25, 0.3) is 0 Å². The number of aromatic nitrogens is 3. The van der Waals surface area contributed by atoms with Gasteiger partial charge in [-0.05, 0) is 18.6 Å². The van der Waals surface area contributed by atoms with Gasteiger partial charge in [-0.3, -0.25) is 5.43 Å². The van der Waals surface area contributed by atoms with E-state index in [1.165, 1.54) is 7.11 Å². The lowest BCUT2D eigenvalue weighted by Crippen LogP contribution is -2.13. The number of hydrogen-bond acceptors (Lipinski definition) is 7. The summed E-state index contributed by atoms with van der Waals surface area (Å²) in [5.41, 5.74) is 4.35. The maximum atomic E-state index is 5.28. The summed E-state index contributed by atoms with van der Waals surface area (Å²) in [5.74, 6) is 5.88. The highest BCUT2D eigenvalue weighted by molar-refractivity contribution is 5.58. The van der Waals surface area contributed by atoms with Crippen LogP contribution >= 0.6 is 0 Å². The van der Waals surface area contributed by atoms with Crippen molar-refractivity contribution in [2.45, 2.75) is 6.92 Å². The first-order valence-corrected chi connectivity index (χ1v) is 5.32. The van der Waals surface area contributed by atoms with E-state index in [1.807, 2.05) is 31.2 Å². The number of rotatable bonds is 4. The monoisotopic (exact) mass is 246 g/mol. The maximum absolute atomic E-state index is 5.28. The van der Waals surface area contributed by atoms with Crippen LogP contribution in [-0.2, 0) is 0 Å². The molecule has 0 aliphatic rings. The number of hydrazine groups is 1. The zero-order valence-electron chi connectivity index (χ0n) is 10.1. The molecule has 0 spiro atoms. The normalized spacial score (nSPS) is 9.94. The van der Waals surface area contributed by atoms with Crippen molar-refractivity contribution >= 4 is 17.6 Å². The summed E-state index contributed by atoms with van der Waals surface area (Å²) in [6.45, 7) is 1.99. The van der Waals surface area contributed by atoms with Crippen LogP contribution in [0.5, 0.6) is 6.01 Å². The van der Waals surface area contributed by atoms with E-state index >= 15 is 0 Å². The fourth-order valence-electron chi connectivity index (χ4n) is 1.40. The van der Waals surface area contributed by atoms with E-state index < -0.39 is 0 Å². The summed E-state index contributed by atoms with van der Waals surface area (Å²) in [4.78, 5) is 12.1. The molecule has 0 bridgehead atoms. The minimum absolute atomic E-state index is 0.189. The molecule has 7 heteroatoms. The smallest absolute Gasteiger partial charge is 0.322 e. The average Bonchev–Trinajstić information content (AvgIpc) is 2.41. The zero-order chi connectivity index (χ0) is 13.0. The number of nitrogens with two attached hydrogens (primary N) is 1. The number of nitrogens with one attached hydrogen (secondary N) is 2. The van der Waals surface area contributed by atoms with Gasteiger partial charge in [-0.15, -0.1) is 0 Å². The molecule has 0 saturated carbocycles. The fraction of sp³-hybridized carbons (Fsp3) is 0.182. The van der Waals surface area contributed by atoms with Crippen LogP contribution < -0.4 is 21.3 Å². The molecule has 2 rings (SSSR count). The van der Waals surface area contributed by atoms with Crippen molar-refractivity contribution in [1.29, 1.82) is 0 Å². The molecule has 7 nitrogen and oxygen atoms in total. The Bertz CT molecular complexity index is 523. The SMILES string of the molecule is COc1nc(NN)nc(Nc2ccccc2C)n1. The molecular formula is C11H14N6O. The summed E-state index contributed by atoms with van der Waals surface area (Å²) in [6, 6.07) is 8.00. The largest absolute Gasteiger partial charge is 0.467 e. The van der Waals surface area contributed by atoms with E-state index in [1.54, 1.807) is 0 Å². The molecule has 94 valence electrons. The third kappa shape index (κ3) is 2.64. The van der Waals surface area contributed by atoms with Crippen molar-refractivity contribution < 1.29 is 4.74 Å². The fourth-order valence-corrected chi connectivity index (χ4v) is 1.40. The third-order valence-electron chi connectivity index (χ3n) is 2.32. The third-order valence-corrected chi connectivity index (χ3v) is 2.32. The van der Waals surface area contributed by atoms with Gasteiger partial charge in [-0.1, -0.05) is 18.2 Å². The number of nitrogens with zero attached hydrogens (tertiary/aromatic N) is 3. The molecule has 1 heterocycles. The van der Waals surface area contributed by atoms with Gasteiger partial charge in [0, 0.05) is 5.69 Å². The molecule has 0 amide bonds. The second kappa shape index (κ2) is 5.28. The number of para-hydroxylation sites is 1. The molecule has 0 fully saturated rings. The van der Waals surface area contributed by atoms with E-state index in [2.05, 4.69) is 25.7 Å². The summed E-state index contributed by atoms with van der Waals surface area (Å²) in [5, 5.41) is 3.08. The van der Waals surface area contributed by atoms with Crippen molar-refractivity contribution in [2.24, 2.45) is 5.84 Å². The summed E-state index contributed by atoms with van der Waals surface area (Å²) >= 11 is 0. The van der Waals surface area contributed by atoms with Crippen LogP contribution in [0, 0.1) is 6.92 Å². The molecule has 0 unspecified atom stereocenters. The molecule has 0 atom stereocenters. The lowest BCUT2D eigenvalue weighted by molar-refractivity contribution is 0.379. The molecule has 1 aromatic carbocycles.